The van der Waals surface area contributed by atoms with Gasteiger partial charge in [0.2, 0.25) is 10.9 Å². The molecular formula is C17H14N2O4. The van der Waals surface area contributed by atoms with Crippen LogP contribution in [0.2, 0.25) is 0 Å². The van der Waals surface area contributed by atoms with Crippen LogP contribution in [0.15, 0.2) is 57.2 Å². The van der Waals surface area contributed by atoms with Gasteiger partial charge in [-0.15, -0.1) is 0 Å². The molecule has 6 nitrogen and oxygen atoms in total. The molecule has 0 aliphatic rings. The van der Waals surface area contributed by atoms with Crippen LogP contribution in [0, 0.1) is 0 Å². The second kappa shape index (κ2) is 5.92. The predicted octanol–water partition coefficient (Wildman–Crippen LogP) is 1.38. The molecule has 3 aromatic rings. The average Bonchev–Trinajstić information content (AvgIpc) is 2.84. The number of benzene rings is 2. The van der Waals surface area contributed by atoms with Crippen LogP contribution in [0.3, 0.4) is 0 Å². The molecule has 3 aromatic carbocycles. The van der Waals surface area contributed by atoms with E-state index in [1.54, 1.807) is 49.6 Å². The van der Waals surface area contributed by atoms with Gasteiger partial charge >= 0.3 is 0 Å². The maximum atomic E-state index is 12.2. The first-order valence-corrected chi connectivity index (χ1v) is 6.90. The van der Waals surface area contributed by atoms with Crippen molar-refractivity contribution in [3.8, 4) is 11.5 Å². The van der Waals surface area contributed by atoms with Gasteiger partial charge in [-0.25, -0.2) is 0 Å². The molecule has 0 atom stereocenters. The fourth-order valence-electron chi connectivity index (χ4n) is 2.35. The normalized spacial score (nSPS) is 10.5. The fraction of sp³-hybridized carbons (Fsp3) is 0.118. The lowest BCUT2D eigenvalue weighted by Crippen LogP contribution is -2.32. The van der Waals surface area contributed by atoms with Crippen LogP contribution in [0.4, 0.5) is 5.69 Å². The Balaban J connectivity index is 2.08. The van der Waals surface area contributed by atoms with Crippen molar-refractivity contribution in [2.75, 3.05) is 19.6 Å². The number of nitrogens with zero attached hydrogens (tertiary/aromatic N) is 1. The summed E-state index contributed by atoms with van der Waals surface area (Å²) in [6, 6.07) is 11.8. The number of hydrogen-bond donors (Lipinski definition) is 1. The summed E-state index contributed by atoms with van der Waals surface area (Å²) < 4.78 is 10.4. The first kappa shape index (κ1) is 14.8. The minimum Gasteiger partial charge on any atom is -0.497 e. The zero-order valence-electron chi connectivity index (χ0n) is 12.6. The number of fused-ring (bicyclic) bond motifs is 1. The molecule has 116 valence electrons. The van der Waals surface area contributed by atoms with Crippen LogP contribution in [-0.4, -0.2) is 14.2 Å². The number of ether oxygens (including phenoxy) is 2. The van der Waals surface area contributed by atoms with Gasteiger partial charge in [-0.05, 0) is 12.1 Å². The van der Waals surface area contributed by atoms with Crippen LogP contribution < -0.4 is 31.1 Å². The van der Waals surface area contributed by atoms with Gasteiger partial charge in [0, 0.05) is 16.8 Å². The Morgan fingerprint density at radius 2 is 1.57 bits per heavy atom. The molecule has 0 saturated carbocycles. The van der Waals surface area contributed by atoms with Gasteiger partial charge < -0.3 is 9.47 Å². The Hall–Kier alpha value is -3.15. The summed E-state index contributed by atoms with van der Waals surface area (Å²) >= 11 is 0. The first-order valence-electron chi connectivity index (χ1n) is 6.90. The van der Waals surface area contributed by atoms with Crippen LogP contribution >= 0.6 is 0 Å². The van der Waals surface area contributed by atoms with Crippen molar-refractivity contribution >= 4 is 16.5 Å². The highest BCUT2D eigenvalue weighted by Gasteiger charge is 2.10. The fourth-order valence-corrected chi connectivity index (χ4v) is 2.35. The lowest BCUT2D eigenvalue weighted by Gasteiger charge is -2.08. The Morgan fingerprint density at radius 3 is 2.13 bits per heavy atom. The van der Waals surface area contributed by atoms with E-state index < -0.39 is 0 Å². The van der Waals surface area contributed by atoms with E-state index >= 15 is 0 Å². The molecule has 0 amide bonds. The number of rotatable bonds is 4. The van der Waals surface area contributed by atoms with Crippen molar-refractivity contribution in [3.05, 3.63) is 68.3 Å². The van der Waals surface area contributed by atoms with E-state index in [9.17, 15) is 9.59 Å². The minimum absolute atomic E-state index is 0.135. The minimum atomic E-state index is -0.384. The van der Waals surface area contributed by atoms with E-state index in [1.165, 1.54) is 7.11 Å². The molecule has 6 heteroatoms. The number of hydrogen-bond acceptors (Lipinski definition) is 6. The average molecular weight is 310 g/mol. The van der Waals surface area contributed by atoms with Gasteiger partial charge in [0.05, 0.1) is 19.9 Å². The lowest BCUT2D eigenvalue weighted by molar-refractivity contribution is 0.395. The van der Waals surface area contributed by atoms with Gasteiger partial charge in [-0.3, -0.25) is 15.0 Å². The Bertz CT molecular complexity index is 967. The molecule has 0 saturated heterocycles. The standard InChI is InChI=1S/C17H14N2O4/c1-22-10-7-8-13(14(9-10)23-2)18-19-15-16(20)11-5-3-4-6-12(11)17(15)21/h3-9,18H,1-2H3. The van der Waals surface area contributed by atoms with Gasteiger partial charge in [0.1, 0.15) is 11.5 Å². The van der Waals surface area contributed by atoms with Crippen molar-refractivity contribution in [2.45, 2.75) is 0 Å². The molecule has 1 N–H and O–H groups in total. The number of anilines is 1. The van der Waals surface area contributed by atoms with Crippen LogP contribution in [-0.2, 0) is 0 Å². The largest absolute Gasteiger partial charge is 0.497 e. The third kappa shape index (κ3) is 2.55. The molecule has 0 radical (unpaired) electrons. The number of nitrogens with one attached hydrogen (secondary N) is 1. The highest BCUT2D eigenvalue weighted by atomic mass is 16.5. The van der Waals surface area contributed by atoms with Gasteiger partial charge in [-0.1, -0.05) is 24.3 Å². The van der Waals surface area contributed by atoms with E-state index in [-0.39, 0.29) is 16.2 Å². The molecule has 0 heterocycles. The zero-order chi connectivity index (χ0) is 16.4. The van der Waals surface area contributed by atoms with Crippen molar-refractivity contribution in [2.24, 2.45) is 5.10 Å². The van der Waals surface area contributed by atoms with Crippen LogP contribution in [0.1, 0.15) is 0 Å². The molecule has 0 bridgehead atoms. The highest BCUT2D eigenvalue weighted by molar-refractivity contribution is 5.83. The molecule has 0 aliphatic heterocycles. The van der Waals surface area contributed by atoms with E-state index in [0.29, 0.717) is 28.0 Å². The van der Waals surface area contributed by atoms with Crippen LogP contribution in [0.5, 0.6) is 11.5 Å². The Kier molecular flexibility index (Phi) is 3.80. The maximum Gasteiger partial charge on any atom is 0.217 e. The smallest absolute Gasteiger partial charge is 0.217 e. The van der Waals surface area contributed by atoms with Gasteiger partial charge in [0.15, 0.2) is 5.36 Å². The Morgan fingerprint density at radius 1 is 0.913 bits per heavy atom. The van der Waals surface area contributed by atoms with Crippen molar-refractivity contribution in [1.82, 2.24) is 0 Å². The molecule has 0 fully saturated rings. The van der Waals surface area contributed by atoms with Gasteiger partial charge in [0.25, 0.3) is 0 Å². The quantitative estimate of drug-likeness (QED) is 0.737. The summed E-state index contributed by atoms with van der Waals surface area (Å²) in [5, 5.41) is 4.60. The third-order valence-electron chi connectivity index (χ3n) is 3.54. The Labute approximate surface area is 131 Å². The second-order valence-electron chi connectivity index (χ2n) is 4.84. The molecule has 0 aromatic heterocycles. The monoisotopic (exact) mass is 310 g/mol. The van der Waals surface area contributed by atoms with E-state index in [2.05, 4.69) is 10.5 Å². The SMILES string of the molecule is COc1ccc(NN=c2c(=O)c3ccccc3c2=O)c(OC)c1. The molecule has 3 rings (SSSR count). The number of methoxy groups -OCH3 is 2. The molecule has 0 aliphatic carbocycles. The molecule has 0 spiro atoms. The van der Waals surface area contributed by atoms with E-state index in [1.807, 2.05) is 0 Å². The van der Waals surface area contributed by atoms with Crippen molar-refractivity contribution in [1.29, 1.82) is 0 Å². The maximum absolute atomic E-state index is 12.2. The summed E-state index contributed by atoms with van der Waals surface area (Å²) in [5.41, 5.74) is 2.48. The molecular weight excluding hydrogens is 296 g/mol. The first-order chi connectivity index (χ1) is 11.2. The second-order valence-corrected chi connectivity index (χ2v) is 4.84. The molecule has 0 unspecified atom stereocenters. The van der Waals surface area contributed by atoms with E-state index in [0.717, 1.165) is 0 Å². The van der Waals surface area contributed by atoms with Gasteiger partial charge in [-0.2, -0.15) is 5.10 Å². The third-order valence-corrected chi connectivity index (χ3v) is 3.54. The van der Waals surface area contributed by atoms with Crippen molar-refractivity contribution in [3.63, 3.8) is 0 Å². The zero-order valence-corrected chi connectivity index (χ0v) is 12.6. The summed E-state index contributed by atoms with van der Waals surface area (Å²) in [4.78, 5) is 24.5. The van der Waals surface area contributed by atoms with Crippen molar-refractivity contribution < 1.29 is 9.47 Å². The highest BCUT2D eigenvalue weighted by Crippen LogP contribution is 2.28. The summed E-state index contributed by atoms with van der Waals surface area (Å²) in [7, 11) is 3.06. The lowest BCUT2D eigenvalue weighted by atomic mass is 10.2. The predicted molar refractivity (Wildman–Crippen MR) is 87.6 cm³/mol. The summed E-state index contributed by atoms with van der Waals surface area (Å²) in [6.45, 7) is 0. The van der Waals surface area contributed by atoms with E-state index in [4.69, 9.17) is 9.47 Å². The summed E-state index contributed by atoms with van der Waals surface area (Å²) in [6.07, 6.45) is 0. The molecule has 23 heavy (non-hydrogen) atoms. The topological polar surface area (TPSA) is 77.0 Å². The van der Waals surface area contributed by atoms with Crippen LogP contribution in [0.25, 0.3) is 10.8 Å². The summed E-state index contributed by atoms with van der Waals surface area (Å²) in [5.74, 6) is 1.12.